The largest absolute Gasteiger partial charge is 0.381 e. The number of pyridine rings is 2. The van der Waals surface area contributed by atoms with E-state index in [1.807, 2.05) is 0 Å². The Bertz CT molecular complexity index is 1000. The van der Waals surface area contributed by atoms with E-state index in [4.69, 9.17) is 19.4 Å². The monoisotopic (exact) mass is 523 g/mol. The molecule has 210 valence electrons. The van der Waals surface area contributed by atoms with Gasteiger partial charge in [-0.25, -0.2) is 0 Å². The normalized spacial score (nSPS) is 17.2. The summed E-state index contributed by atoms with van der Waals surface area (Å²) in [5, 5.41) is 0. The van der Waals surface area contributed by atoms with E-state index >= 15 is 0 Å². The van der Waals surface area contributed by atoms with E-state index in [-0.39, 0.29) is 0 Å². The Hall–Kier alpha value is -2.06. The highest BCUT2D eigenvalue weighted by molar-refractivity contribution is 5.52. The van der Waals surface area contributed by atoms with Crippen molar-refractivity contribution in [2.24, 2.45) is 0 Å². The van der Waals surface area contributed by atoms with Crippen molar-refractivity contribution in [1.82, 2.24) is 19.8 Å². The van der Waals surface area contributed by atoms with Crippen molar-refractivity contribution in [2.75, 3.05) is 84.7 Å². The number of anilines is 1. The summed E-state index contributed by atoms with van der Waals surface area (Å²) in [6.07, 6.45) is 4.19. The lowest BCUT2D eigenvalue weighted by Crippen LogP contribution is -2.37. The minimum absolute atomic E-state index is 0.439. The molecular formula is C31H49N5O2. The van der Waals surface area contributed by atoms with Gasteiger partial charge in [-0.05, 0) is 69.5 Å². The Kier molecular flexibility index (Phi) is 10.9. The van der Waals surface area contributed by atoms with Crippen molar-refractivity contribution >= 4 is 5.69 Å². The molecule has 2 aromatic heterocycles. The zero-order valence-corrected chi connectivity index (χ0v) is 24.4. The number of morpholine rings is 1. The second kappa shape index (κ2) is 14.4. The van der Waals surface area contributed by atoms with E-state index in [0.717, 1.165) is 97.1 Å². The van der Waals surface area contributed by atoms with Crippen LogP contribution in [0.1, 0.15) is 66.9 Å². The third kappa shape index (κ3) is 8.22. The van der Waals surface area contributed by atoms with Crippen molar-refractivity contribution in [1.29, 1.82) is 0 Å². The molecule has 2 fully saturated rings. The van der Waals surface area contributed by atoms with Crippen LogP contribution in [0.5, 0.6) is 0 Å². The van der Waals surface area contributed by atoms with Gasteiger partial charge in [-0.3, -0.25) is 9.97 Å². The molecule has 4 heterocycles. The van der Waals surface area contributed by atoms with Crippen LogP contribution in [0.15, 0.2) is 24.3 Å². The van der Waals surface area contributed by atoms with E-state index in [1.54, 1.807) is 0 Å². The molecule has 38 heavy (non-hydrogen) atoms. The van der Waals surface area contributed by atoms with Crippen LogP contribution in [0.3, 0.4) is 0 Å². The smallest absolute Gasteiger partial charge is 0.0652 e. The molecule has 0 unspecified atom stereocenters. The van der Waals surface area contributed by atoms with Gasteiger partial charge in [0.05, 0.1) is 24.6 Å². The van der Waals surface area contributed by atoms with Gasteiger partial charge in [-0.15, -0.1) is 0 Å². The number of nitrogens with zero attached hydrogens (tertiary/aromatic N) is 5. The molecule has 0 bridgehead atoms. The van der Waals surface area contributed by atoms with Gasteiger partial charge in [0.1, 0.15) is 0 Å². The van der Waals surface area contributed by atoms with Crippen molar-refractivity contribution in [3.8, 4) is 0 Å². The van der Waals surface area contributed by atoms with Crippen LogP contribution < -0.4 is 4.90 Å². The van der Waals surface area contributed by atoms with Crippen molar-refractivity contribution in [3.05, 3.63) is 52.6 Å². The molecule has 0 aromatic carbocycles. The fraction of sp³-hybridized carbons (Fsp3) is 0.677. The SMILES string of the molecule is Cc1ccc(C2CCOCC2)c(CCN(C)CCN(C)CCc2nc(C(C)C)ccc2N2CCOCC2)n1. The van der Waals surface area contributed by atoms with Gasteiger partial charge >= 0.3 is 0 Å². The fourth-order valence-electron chi connectivity index (χ4n) is 5.47. The minimum atomic E-state index is 0.439. The number of hydrogen-bond acceptors (Lipinski definition) is 7. The molecule has 2 saturated heterocycles. The third-order valence-electron chi connectivity index (χ3n) is 8.05. The van der Waals surface area contributed by atoms with Crippen LogP contribution in [-0.2, 0) is 22.3 Å². The number of aryl methyl sites for hydroxylation is 1. The Labute approximate surface area is 230 Å². The number of ether oxygens (including phenoxy) is 2. The Morgan fingerprint density at radius 2 is 1.45 bits per heavy atom. The lowest BCUT2D eigenvalue weighted by atomic mass is 9.89. The summed E-state index contributed by atoms with van der Waals surface area (Å²) in [6.45, 7) is 15.9. The maximum absolute atomic E-state index is 5.59. The van der Waals surface area contributed by atoms with Crippen molar-refractivity contribution in [2.45, 2.75) is 58.3 Å². The quantitative estimate of drug-likeness (QED) is 0.411. The zero-order valence-electron chi connectivity index (χ0n) is 24.4. The van der Waals surface area contributed by atoms with Crippen LogP contribution in [-0.4, -0.2) is 99.6 Å². The Morgan fingerprint density at radius 3 is 2.11 bits per heavy atom. The average molecular weight is 524 g/mol. The Balaban J connectivity index is 1.28. The zero-order chi connectivity index (χ0) is 26.9. The predicted molar refractivity (Wildman–Crippen MR) is 156 cm³/mol. The van der Waals surface area contributed by atoms with E-state index in [0.29, 0.717) is 11.8 Å². The van der Waals surface area contributed by atoms with Gasteiger partial charge in [-0.2, -0.15) is 0 Å². The second-order valence-corrected chi connectivity index (χ2v) is 11.4. The van der Waals surface area contributed by atoms with E-state index in [9.17, 15) is 0 Å². The van der Waals surface area contributed by atoms with Gasteiger partial charge in [0, 0.05) is 82.4 Å². The lowest BCUT2D eigenvalue weighted by molar-refractivity contribution is 0.0850. The molecule has 0 atom stereocenters. The molecule has 2 aliphatic heterocycles. The van der Waals surface area contributed by atoms with Crippen molar-refractivity contribution in [3.63, 3.8) is 0 Å². The molecule has 7 heteroatoms. The molecule has 0 saturated carbocycles. The molecule has 0 amide bonds. The highest BCUT2D eigenvalue weighted by atomic mass is 16.5. The molecule has 0 radical (unpaired) electrons. The van der Waals surface area contributed by atoms with E-state index < -0.39 is 0 Å². The summed E-state index contributed by atoms with van der Waals surface area (Å²) in [5.74, 6) is 1.03. The van der Waals surface area contributed by atoms with Crippen LogP contribution in [0.25, 0.3) is 0 Å². The van der Waals surface area contributed by atoms with Crippen LogP contribution in [0.4, 0.5) is 5.69 Å². The topological polar surface area (TPSA) is 54.0 Å². The summed E-state index contributed by atoms with van der Waals surface area (Å²) < 4.78 is 11.2. The number of hydrogen-bond donors (Lipinski definition) is 0. The van der Waals surface area contributed by atoms with Gasteiger partial charge in [0.2, 0.25) is 0 Å². The summed E-state index contributed by atoms with van der Waals surface area (Å²) >= 11 is 0. The molecule has 2 aliphatic rings. The van der Waals surface area contributed by atoms with Crippen LogP contribution in [0.2, 0.25) is 0 Å². The predicted octanol–water partition coefficient (Wildman–Crippen LogP) is 4.29. The maximum Gasteiger partial charge on any atom is 0.0652 e. The first-order valence-corrected chi connectivity index (χ1v) is 14.6. The number of rotatable bonds is 12. The molecule has 0 spiro atoms. The molecule has 2 aromatic rings. The molecule has 0 aliphatic carbocycles. The highest BCUT2D eigenvalue weighted by Gasteiger charge is 2.20. The highest BCUT2D eigenvalue weighted by Crippen LogP contribution is 2.29. The lowest BCUT2D eigenvalue weighted by Gasteiger charge is -2.31. The van der Waals surface area contributed by atoms with E-state index in [1.165, 1.54) is 28.3 Å². The first-order valence-electron chi connectivity index (χ1n) is 14.6. The fourth-order valence-corrected chi connectivity index (χ4v) is 5.47. The first-order chi connectivity index (χ1) is 18.4. The van der Waals surface area contributed by atoms with Gasteiger partial charge in [-0.1, -0.05) is 19.9 Å². The van der Waals surface area contributed by atoms with E-state index in [2.05, 4.69) is 73.8 Å². The van der Waals surface area contributed by atoms with Gasteiger partial charge in [0.25, 0.3) is 0 Å². The summed E-state index contributed by atoms with van der Waals surface area (Å²) in [6, 6.07) is 8.97. The Morgan fingerprint density at radius 1 is 0.816 bits per heavy atom. The second-order valence-electron chi connectivity index (χ2n) is 11.4. The standard InChI is InChI=1S/C31H49N5O2/c1-24(2)28-8-9-31(36-18-22-38-23-19-36)30(33-28)11-15-35(5)17-16-34(4)14-10-29-27(7-6-25(3)32-29)26-12-20-37-21-13-26/h6-9,24,26H,10-23H2,1-5H3. The number of aromatic nitrogens is 2. The van der Waals surface area contributed by atoms with Gasteiger partial charge < -0.3 is 24.2 Å². The summed E-state index contributed by atoms with van der Waals surface area (Å²) in [4.78, 5) is 17.4. The van der Waals surface area contributed by atoms with Gasteiger partial charge in [0.15, 0.2) is 0 Å². The molecule has 0 N–H and O–H groups in total. The third-order valence-corrected chi connectivity index (χ3v) is 8.05. The average Bonchev–Trinajstić information content (AvgIpc) is 2.94. The molecule has 7 nitrogen and oxygen atoms in total. The molecule has 4 rings (SSSR count). The minimum Gasteiger partial charge on any atom is -0.381 e. The maximum atomic E-state index is 5.59. The van der Waals surface area contributed by atoms with Crippen LogP contribution >= 0.6 is 0 Å². The summed E-state index contributed by atoms with van der Waals surface area (Å²) in [5.41, 5.74) is 7.54. The number of likely N-dealkylation sites (N-methyl/N-ethyl adjacent to an activating group) is 2. The van der Waals surface area contributed by atoms with Crippen LogP contribution in [0, 0.1) is 6.92 Å². The van der Waals surface area contributed by atoms with Crippen molar-refractivity contribution < 1.29 is 9.47 Å². The first kappa shape index (κ1) is 28.9. The molecular weight excluding hydrogens is 474 g/mol. The summed E-state index contributed by atoms with van der Waals surface area (Å²) in [7, 11) is 4.47.